The molecule has 1 aromatic rings. The smallest absolute Gasteiger partial charge is 0.254 e. The first-order valence-electron chi connectivity index (χ1n) is 7.67. The Morgan fingerprint density at radius 2 is 2.24 bits per heavy atom. The normalized spacial score (nSPS) is 22.0. The quantitative estimate of drug-likeness (QED) is 0.871. The minimum Gasteiger partial charge on any atom is -0.376 e. The van der Waals surface area contributed by atoms with Crippen LogP contribution in [0.25, 0.3) is 0 Å². The summed E-state index contributed by atoms with van der Waals surface area (Å²) < 4.78 is 6.80. The molecule has 0 bridgehead atoms. The van der Waals surface area contributed by atoms with E-state index in [0.717, 1.165) is 38.0 Å². The molecule has 1 aliphatic carbocycles. The van der Waals surface area contributed by atoms with Gasteiger partial charge in [-0.1, -0.05) is 6.42 Å². The largest absolute Gasteiger partial charge is 0.376 e. The molecule has 2 aliphatic rings. The molecule has 0 spiro atoms. The van der Waals surface area contributed by atoms with Crippen LogP contribution in [0.1, 0.15) is 43.7 Å². The highest BCUT2D eigenvalue weighted by atomic mass is 16.5. The van der Waals surface area contributed by atoms with Crippen LogP contribution < -0.4 is 10.9 Å². The molecule has 0 aromatic carbocycles. The lowest BCUT2D eigenvalue weighted by atomic mass is 9.83. The van der Waals surface area contributed by atoms with Gasteiger partial charge in [0.2, 0.25) is 5.91 Å². The van der Waals surface area contributed by atoms with Gasteiger partial charge < -0.3 is 10.1 Å². The van der Waals surface area contributed by atoms with Crippen LogP contribution in [0.2, 0.25) is 0 Å². The fourth-order valence-corrected chi connectivity index (χ4v) is 2.73. The van der Waals surface area contributed by atoms with Crippen molar-refractivity contribution in [2.75, 3.05) is 13.2 Å². The van der Waals surface area contributed by atoms with Gasteiger partial charge in [0.05, 0.1) is 18.1 Å². The van der Waals surface area contributed by atoms with Crippen molar-refractivity contribution in [2.24, 2.45) is 0 Å². The van der Waals surface area contributed by atoms with E-state index >= 15 is 0 Å². The lowest BCUT2D eigenvalue weighted by Crippen LogP contribution is -2.36. The monoisotopic (exact) mass is 291 g/mol. The summed E-state index contributed by atoms with van der Waals surface area (Å²) in [6.07, 6.45) is 7.06. The Bertz CT molecular complexity index is 560. The van der Waals surface area contributed by atoms with E-state index in [1.807, 2.05) is 0 Å². The van der Waals surface area contributed by atoms with Crippen molar-refractivity contribution in [1.82, 2.24) is 14.9 Å². The van der Waals surface area contributed by atoms with E-state index in [0.29, 0.717) is 12.5 Å². The van der Waals surface area contributed by atoms with Crippen LogP contribution >= 0.6 is 0 Å². The summed E-state index contributed by atoms with van der Waals surface area (Å²) in [5.41, 5.74) is 0.710. The van der Waals surface area contributed by atoms with Crippen molar-refractivity contribution < 1.29 is 9.53 Å². The van der Waals surface area contributed by atoms with Gasteiger partial charge >= 0.3 is 0 Å². The first-order chi connectivity index (χ1) is 10.2. The Labute approximate surface area is 123 Å². The number of rotatable bonds is 5. The molecule has 1 N–H and O–H groups in total. The number of hydrogen-bond acceptors (Lipinski definition) is 4. The standard InChI is InChI=1S/C15H21N3O3/c19-14(16-8-12-5-2-6-21-12)9-18-10-17-13(7-15(18)20)11-3-1-4-11/h7,10-12H,1-6,8-9H2,(H,16,19). The summed E-state index contributed by atoms with van der Waals surface area (Å²) in [5, 5.41) is 2.81. The fourth-order valence-electron chi connectivity index (χ4n) is 2.73. The average Bonchev–Trinajstić information content (AvgIpc) is 2.91. The van der Waals surface area contributed by atoms with E-state index in [4.69, 9.17) is 4.74 Å². The maximum absolute atomic E-state index is 12.0. The maximum atomic E-state index is 12.0. The highest BCUT2D eigenvalue weighted by Crippen LogP contribution is 2.34. The molecular formula is C15H21N3O3. The molecule has 0 radical (unpaired) electrons. The maximum Gasteiger partial charge on any atom is 0.254 e. The Hall–Kier alpha value is -1.69. The molecule has 2 fully saturated rings. The van der Waals surface area contributed by atoms with E-state index in [1.54, 1.807) is 6.07 Å². The van der Waals surface area contributed by atoms with Crippen LogP contribution in [0.3, 0.4) is 0 Å². The van der Waals surface area contributed by atoms with Crippen LogP contribution in [-0.2, 0) is 16.1 Å². The lowest BCUT2D eigenvalue weighted by molar-refractivity contribution is -0.122. The van der Waals surface area contributed by atoms with Crippen molar-refractivity contribution in [3.8, 4) is 0 Å². The molecule has 6 heteroatoms. The predicted molar refractivity (Wildman–Crippen MR) is 77.1 cm³/mol. The Morgan fingerprint density at radius 3 is 2.86 bits per heavy atom. The SMILES string of the molecule is O=C(Cn1cnc(C2CCC2)cc1=O)NCC1CCCO1. The Balaban J connectivity index is 1.53. The van der Waals surface area contributed by atoms with Gasteiger partial charge in [0, 0.05) is 25.1 Å². The van der Waals surface area contributed by atoms with Crippen LogP contribution in [0, 0.1) is 0 Å². The van der Waals surface area contributed by atoms with Crippen LogP contribution in [0.5, 0.6) is 0 Å². The van der Waals surface area contributed by atoms with E-state index in [2.05, 4.69) is 10.3 Å². The van der Waals surface area contributed by atoms with Crippen LogP contribution in [0.15, 0.2) is 17.2 Å². The van der Waals surface area contributed by atoms with Gasteiger partial charge in [-0.05, 0) is 25.7 Å². The molecule has 1 saturated carbocycles. The third kappa shape index (κ3) is 3.50. The second kappa shape index (κ2) is 6.39. The van der Waals surface area contributed by atoms with Crippen molar-refractivity contribution >= 4 is 5.91 Å². The van der Waals surface area contributed by atoms with Gasteiger partial charge in [0.15, 0.2) is 0 Å². The van der Waals surface area contributed by atoms with Crippen LogP contribution in [-0.4, -0.2) is 34.7 Å². The third-order valence-corrected chi connectivity index (χ3v) is 4.29. The number of carbonyl (C=O) groups is 1. The van der Waals surface area contributed by atoms with Crippen LogP contribution in [0.4, 0.5) is 0 Å². The number of nitrogens with one attached hydrogen (secondary N) is 1. The van der Waals surface area contributed by atoms with Gasteiger partial charge in [-0.15, -0.1) is 0 Å². The molecule has 1 atom stereocenters. The van der Waals surface area contributed by atoms with E-state index in [-0.39, 0.29) is 24.1 Å². The predicted octanol–water partition coefficient (Wildman–Crippen LogP) is 0.806. The molecule has 1 unspecified atom stereocenters. The van der Waals surface area contributed by atoms with Gasteiger partial charge in [-0.25, -0.2) is 4.98 Å². The topological polar surface area (TPSA) is 73.2 Å². The Kier molecular flexibility index (Phi) is 4.34. The number of ether oxygens (including phenoxy) is 1. The van der Waals surface area contributed by atoms with Crippen molar-refractivity contribution in [2.45, 2.75) is 50.7 Å². The average molecular weight is 291 g/mol. The summed E-state index contributed by atoms with van der Waals surface area (Å²) in [6.45, 7) is 1.30. The van der Waals surface area contributed by atoms with Crippen molar-refractivity contribution in [3.63, 3.8) is 0 Å². The van der Waals surface area contributed by atoms with Gasteiger partial charge in [-0.2, -0.15) is 0 Å². The Morgan fingerprint density at radius 1 is 1.38 bits per heavy atom. The summed E-state index contributed by atoms with van der Waals surface area (Å²) in [5.74, 6) is 0.256. The summed E-state index contributed by atoms with van der Waals surface area (Å²) >= 11 is 0. The molecule has 1 amide bonds. The highest BCUT2D eigenvalue weighted by molar-refractivity contribution is 5.75. The zero-order valence-electron chi connectivity index (χ0n) is 12.1. The van der Waals surface area contributed by atoms with E-state index in [1.165, 1.54) is 17.3 Å². The van der Waals surface area contributed by atoms with Gasteiger partial charge in [-0.3, -0.25) is 14.2 Å². The molecule has 1 aliphatic heterocycles. The molecule has 21 heavy (non-hydrogen) atoms. The fraction of sp³-hybridized carbons (Fsp3) is 0.667. The van der Waals surface area contributed by atoms with Crippen molar-refractivity contribution in [1.29, 1.82) is 0 Å². The van der Waals surface area contributed by atoms with Gasteiger partial charge in [0.25, 0.3) is 5.56 Å². The second-order valence-electron chi connectivity index (χ2n) is 5.85. The van der Waals surface area contributed by atoms with Gasteiger partial charge in [0.1, 0.15) is 6.54 Å². The molecular weight excluding hydrogens is 270 g/mol. The van der Waals surface area contributed by atoms with Crippen molar-refractivity contribution in [3.05, 3.63) is 28.4 Å². The zero-order chi connectivity index (χ0) is 14.7. The van der Waals surface area contributed by atoms with E-state index < -0.39 is 0 Å². The molecule has 1 saturated heterocycles. The highest BCUT2D eigenvalue weighted by Gasteiger charge is 2.21. The molecule has 1 aromatic heterocycles. The molecule has 114 valence electrons. The number of carbonyl (C=O) groups excluding carboxylic acids is 1. The summed E-state index contributed by atoms with van der Waals surface area (Å²) in [7, 11) is 0. The van der Waals surface area contributed by atoms with E-state index in [9.17, 15) is 9.59 Å². The molecule has 2 heterocycles. The minimum absolute atomic E-state index is 0.0174. The number of hydrogen-bond donors (Lipinski definition) is 1. The second-order valence-corrected chi connectivity index (χ2v) is 5.85. The summed E-state index contributed by atoms with van der Waals surface area (Å²) in [4.78, 5) is 28.2. The third-order valence-electron chi connectivity index (χ3n) is 4.29. The zero-order valence-corrected chi connectivity index (χ0v) is 12.1. The first-order valence-corrected chi connectivity index (χ1v) is 7.67. The number of nitrogens with zero attached hydrogens (tertiary/aromatic N) is 2. The lowest BCUT2D eigenvalue weighted by Gasteiger charge is -2.24. The molecule has 6 nitrogen and oxygen atoms in total. The number of amides is 1. The summed E-state index contributed by atoms with van der Waals surface area (Å²) in [6, 6.07) is 1.57. The number of aromatic nitrogens is 2. The first kappa shape index (κ1) is 14.3. The minimum atomic E-state index is -0.175. The molecule has 3 rings (SSSR count).